The molecule has 0 aromatic rings. The zero-order chi connectivity index (χ0) is 22.1. The highest BCUT2D eigenvalue weighted by atomic mass is 14.9. The van der Waals surface area contributed by atoms with Crippen LogP contribution in [0.4, 0.5) is 0 Å². The molecule has 0 heterocycles. The molecule has 0 aliphatic heterocycles. The standard InChI is InChI=1S/C29H55N/c1-5-6-7-8-9-10-11-12-13-14-15-16-17-18-19-20-21-22-23-26-29(4)30-27-24-25-28(2)3/h12-13,30H,2,4-11,14-27H2,1,3H3/b13-12-. The lowest BCUT2D eigenvalue weighted by atomic mass is 10.0. The van der Waals surface area contributed by atoms with Gasteiger partial charge in [-0.15, -0.1) is 6.58 Å². The third-order valence-corrected chi connectivity index (χ3v) is 5.90. The molecule has 0 radical (unpaired) electrons. The fourth-order valence-corrected chi connectivity index (χ4v) is 3.86. The largest absolute Gasteiger partial charge is 0.389 e. The van der Waals surface area contributed by atoms with Gasteiger partial charge in [0, 0.05) is 12.2 Å². The summed E-state index contributed by atoms with van der Waals surface area (Å²) in [6, 6.07) is 0. The van der Waals surface area contributed by atoms with Crippen molar-refractivity contribution >= 4 is 0 Å². The van der Waals surface area contributed by atoms with Gasteiger partial charge in [0.1, 0.15) is 0 Å². The average Bonchev–Trinajstić information content (AvgIpc) is 2.72. The van der Waals surface area contributed by atoms with Gasteiger partial charge in [-0.1, -0.05) is 108 Å². The molecule has 0 aromatic heterocycles. The van der Waals surface area contributed by atoms with E-state index in [1.807, 2.05) is 0 Å². The fraction of sp³-hybridized carbons (Fsp3) is 0.793. The Morgan fingerprint density at radius 1 is 0.600 bits per heavy atom. The highest BCUT2D eigenvalue weighted by molar-refractivity contribution is 4.92. The highest BCUT2D eigenvalue weighted by Gasteiger charge is 1.96. The minimum absolute atomic E-state index is 1.04. The number of hydrogen-bond acceptors (Lipinski definition) is 1. The van der Waals surface area contributed by atoms with Crippen LogP contribution in [-0.4, -0.2) is 6.54 Å². The third-order valence-electron chi connectivity index (χ3n) is 5.90. The van der Waals surface area contributed by atoms with Gasteiger partial charge in [-0.05, 0) is 58.3 Å². The Kier molecular flexibility index (Phi) is 23.5. The summed E-state index contributed by atoms with van der Waals surface area (Å²) in [6.45, 7) is 13.5. The molecule has 0 saturated heterocycles. The topological polar surface area (TPSA) is 12.0 Å². The average molecular weight is 418 g/mol. The van der Waals surface area contributed by atoms with Crippen LogP contribution in [0.25, 0.3) is 0 Å². The van der Waals surface area contributed by atoms with Gasteiger partial charge < -0.3 is 5.32 Å². The normalized spacial score (nSPS) is 11.3. The smallest absolute Gasteiger partial charge is 0.0146 e. The van der Waals surface area contributed by atoms with Crippen molar-refractivity contribution in [1.29, 1.82) is 0 Å². The minimum Gasteiger partial charge on any atom is -0.389 e. The van der Waals surface area contributed by atoms with Gasteiger partial charge in [0.05, 0.1) is 0 Å². The van der Waals surface area contributed by atoms with E-state index in [0.29, 0.717) is 0 Å². The molecule has 0 saturated carbocycles. The van der Waals surface area contributed by atoms with E-state index in [-0.39, 0.29) is 0 Å². The summed E-state index contributed by atoms with van der Waals surface area (Å²) in [5.41, 5.74) is 2.50. The Balaban J connectivity index is 3.18. The van der Waals surface area contributed by atoms with Gasteiger partial charge in [0.15, 0.2) is 0 Å². The maximum atomic E-state index is 4.15. The van der Waals surface area contributed by atoms with E-state index in [9.17, 15) is 0 Å². The van der Waals surface area contributed by atoms with Crippen molar-refractivity contribution in [2.75, 3.05) is 6.54 Å². The van der Waals surface area contributed by atoms with Crippen molar-refractivity contribution < 1.29 is 0 Å². The Bertz CT molecular complexity index is 407. The van der Waals surface area contributed by atoms with Crippen LogP contribution in [0.2, 0.25) is 0 Å². The molecule has 1 nitrogen and oxygen atoms in total. The first-order chi connectivity index (χ1) is 14.7. The zero-order valence-electron chi connectivity index (χ0n) is 20.9. The maximum absolute atomic E-state index is 4.15. The van der Waals surface area contributed by atoms with Gasteiger partial charge in [0.25, 0.3) is 0 Å². The van der Waals surface area contributed by atoms with Crippen molar-refractivity contribution in [1.82, 2.24) is 5.32 Å². The lowest BCUT2D eigenvalue weighted by Crippen LogP contribution is -2.13. The van der Waals surface area contributed by atoms with Gasteiger partial charge in [-0.3, -0.25) is 0 Å². The number of hydrogen-bond donors (Lipinski definition) is 1. The molecule has 0 amide bonds. The summed E-state index contributed by atoms with van der Waals surface area (Å²) in [5, 5.41) is 3.46. The summed E-state index contributed by atoms with van der Waals surface area (Å²) in [6.07, 6.45) is 31.8. The molecule has 0 rings (SSSR count). The molecule has 30 heavy (non-hydrogen) atoms. The predicted molar refractivity (Wildman–Crippen MR) is 139 cm³/mol. The van der Waals surface area contributed by atoms with Crippen LogP contribution in [0, 0.1) is 0 Å². The van der Waals surface area contributed by atoms with Crippen LogP contribution < -0.4 is 5.32 Å². The van der Waals surface area contributed by atoms with E-state index in [2.05, 4.69) is 44.5 Å². The van der Waals surface area contributed by atoms with Crippen molar-refractivity contribution in [2.24, 2.45) is 0 Å². The molecule has 176 valence electrons. The molecule has 0 unspecified atom stereocenters. The predicted octanol–water partition coefficient (Wildman–Crippen LogP) is 10.0. The summed E-state index contributed by atoms with van der Waals surface area (Å²) >= 11 is 0. The lowest BCUT2D eigenvalue weighted by molar-refractivity contribution is 0.555. The van der Waals surface area contributed by atoms with Crippen LogP contribution >= 0.6 is 0 Å². The van der Waals surface area contributed by atoms with E-state index in [0.717, 1.165) is 19.4 Å². The first-order valence-corrected chi connectivity index (χ1v) is 13.4. The second-order valence-electron chi connectivity index (χ2n) is 9.34. The number of nitrogens with one attached hydrogen (secondary N) is 1. The van der Waals surface area contributed by atoms with Crippen molar-refractivity contribution in [3.63, 3.8) is 0 Å². The van der Waals surface area contributed by atoms with E-state index in [1.54, 1.807) is 0 Å². The van der Waals surface area contributed by atoms with Gasteiger partial charge in [0.2, 0.25) is 0 Å². The van der Waals surface area contributed by atoms with Crippen molar-refractivity contribution in [2.45, 2.75) is 142 Å². The summed E-state index contributed by atoms with van der Waals surface area (Å²) in [5.74, 6) is 0. The van der Waals surface area contributed by atoms with Crippen LogP contribution in [0.15, 0.2) is 36.6 Å². The molecule has 0 aromatic carbocycles. The first-order valence-electron chi connectivity index (χ1n) is 13.4. The highest BCUT2D eigenvalue weighted by Crippen LogP contribution is 2.13. The molecule has 0 atom stereocenters. The molecule has 0 fully saturated rings. The number of unbranched alkanes of at least 4 members (excludes halogenated alkanes) is 15. The Morgan fingerprint density at radius 3 is 1.57 bits per heavy atom. The lowest BCUT2D eigenvalue weighted by Gasteiger charge is -2.09. The maximum Gasteiger partial charge on any atom is 0.0146 e. The fourth-order valence-electron chi connectivity index (χ4n) is 3.86. The third kappa shape index (κ3) is 25.1. The number of rotatable bonds is 24. The number of allylic oxidation sites excluding steroid dienone is 4. The van der Waals surface area contributed by atoms with E-state index >= 15 is 0 Å². The zero-order valence-corrected chi connectivity index (χ0v) is 20.9. The molecular weight excluding hydrogens is 362 g/mol. The SMILES string of the molecule is C=C(C)CCCNC(=C)CCCCCCCCCCC/C=C\CCCCCCCC. The van der Waals surface area contributed by atoms with E-state index in [4.69, 9.17) is 0 Å². The monoisotopic (exact) mass is 417 g/mol. The van der Waals surface area contributed by atoms with E-state index in [1.165, 1.54) is 127 Å². The summed E-state index contributed by atoms with van der Waals surface area (Å²) in [4.78, 5) is 0. The molecule has 0 spiro atoms. The minimum atomic E-state index is 1.04. The van der Waals surface area contributed by atoms with Crippen LogP contribution in [-0.2, 0) is 0 Å². The Hall–Kier alpha value is -0.980. The molecule has 1 N–H and O–H groups in total. The second-order valence-corrected chi connectivity index (χ2v) is 9.34. The molecule has 0 aliphatic carbocycles. The second kappa shape index (κ2) is 24.3. The summed E-state index contributed by atoms with van der Waals surface area (Å²) < 4.78 is 0. The molecule has 0 aliphatic rings. The quantitative estimate of drug-likeness (QED) is 0.122. The van der Waals surface area contributed by atoms with Crippen LogP contribution in [0.1, 0.15) is 142 Å². The van der Waals surface area contributed by atoms with Crippen molar-refractivity contribution in [3.05, 3.63) is 36.6 Å². The van der Waals surface area contributed by atoms with Gasteiger partial charge in [-0.2, -0.15) is 0 Å². The van der Waals surface area contributed by atoms with E-state index < -0.39 is 0 Å². The van der Waals surface area contributed by atoms with Crippen molar-refractivity contribution in [3.8, 4) is 0 Å². The Labute approximate surface area is 190 Å². The summed E-state index contributed by atoms with van der Waals surface area (Å²) in [7, 11) is 0. The first kappa shape index (κ1) is 29.0. The van der Waals surface area contributed by atoms with Crippen LogP contribution in [0.3, 0.4) is 0 Å². The van der Waals surface area contributed by atoms with Crippen LogP contribution in [0.5, 0.6) is 0 Å². The Morgan fingerprint density at radius 2 is 1.07 bits per heavy atom. The molecular formula is C29H55N. The molecule has 0 bridgehead atoms. The van der Waals surface area contributed by atoms with Gasteiger partial charge >= 0.3 is 0 Å². The molecule has 1 heteroatoms. The van der Waals surface area contributed by atoms with Gasteiger partial charge in [-0.25, -0.2) is 0 Å².